The van der Waals surface area contributed by atoms with Gasteiger partial charge in [-0.3, -0.25) is 4.98 Å². The molecule has 2 aromatic carbocycles. The van der Waals surface area contributed by atoms with Gasteiger partial charge in [-0.15, -0.1) is 0 Å². The molecule has 27 heavy (non-hydrogen) atoms. The highest BCUT2D eigenvalue weighted by molar-refractivity contribution is 6.09. The summed E-state index contributed by atoms with van der Waals surface area (Å²) >= 11 is 0. The van der Waals surface area contributed by atoms with E-state index in [2.05, 4.69) is 53.3 Å². The molecule has 0 fully saturated rings. The van der Waals surface area contributed by atoms with E-state index in [1.54, 1.807) is 6.92 Å². The molecular formula is C23H23N3O. The van der Waals surface area contributed by atoms with Crippen molar-refractivity contribution in [2.24, 2.45) is 0 Å². The van der Waals surface area contributed by atoms with Gasteiger partial charge in [0, 0.05) is 17.0 Å². The van der Waals surface area contributed by atoms with Crippen LogP contribution in [0.3, 0.4) is 0 Å². The average molecular weight is 357 g/mol. The number of aromatic nitrogens is 2. The summed E-state index contributed by atoms with van der Waals surface area (Å²) in [4.78, 5) is 9.03. The predicted molar refractivity (Wildman–Crippen MR) is 111 cm³/mol. The van der Waals surface area contributed by atoms with Crippen molar-refractivity contribution < 1.29 is 5.11 Å². The highest BCUT2D eigenvalue weighted by atomic mass is 16.3. The monoisotopic (exact) mass is 357 g/mol. The third-order valence-corrected chi connectivity index (χ3v) is 5.09. The zero-order valence-electron chi connectivity index (χ0n) is 15.6. The molecular weight excluding hydrogens is 334 g/mol. The molecule has 1 unspecified atom stereocenters. The summed E-state index contributed by atoms with van der Waals surface area (Å²) in [5.41, 5.74) is 12.4. The van der Waals surface area contributed by atoms with Gasteiger partial charge in [0.2, 0.25) is 0 Å². The first-order valence-corrected chi connectivity index (χ1v) is 9.23. The lowest BCUT2D eigenvalue weighted by Crippen LogP contribution is -2.00. The third kappa shape index (κ3) is 3.36. The van der Waals surface area contributed by atoms with Crippen molar-refractivity contribution in [2.75, 3.05) is 5.73 Å². The first-order valence-electron chi connectivity index (χ1n) is 9.23. The maximum Gasteiger partial charge on any atom is 0.150 e. The standard InChI is InChI=1S/C23H23N3O/c1-14-3-10-19-20(13-14)26-23(24)22-21(19)18(11-12-25-22)9-6-16-4-7-17(8-5-16)15(2)27/h3-5,7-8,10-13,15,27H,6,9H2,1-2H3,(H2,24,26). The fourth-order valence-electron chi connectivity index (χ4n) is 3.57. The summed E-state index contributed by atoms with van der Waals surface area (Å²) < 4.78 is 0. The van der Waals surface area contributed by atoms with Crippen LogP contribution in [0.4, 0.5) is 5.82 Å². The lowest BCUT2D eigenvalue weighted by molar-refractivity contribution is 0.199. The number of aliphatic hydroxyl groups excluding tert-OH is 1. The van der Waals surface area contributed by atoms with Crippen molar-refractivity contribution in [3.8, 4) is 0 Å². The van der Waals surface area contributed by atoms with Crippen LogP contribution >= 0.6 is 0 Å². The van der Waals surface area contributed by atoms with E-state index >= 15 is 0 Å². The molecule has 4 rings (SSSR count). The van der Waals surface area contributed by atoms with E-state index in [0.29, 0.717) is 5.82 Å². The van der Waals surface area contributed by atoms with E-state index in [1.807, 2.05) is 18.3 Å². The number of anilines is 1. The number of benzene rings is 2. The lowest BCUT2D eigenvalue weighted by Gasteiger charge is -2.12. The van der Waals surface area contributed by atoms with E-state index < -0.39 is 6.10 Å². The quantitative estimate of drug-likeness (QED) is 0.527. The Morgan fingerprint density at radius 3 is 2.56 bits per heavy atom. The van der Waals surface area contributed by atoms with Crippen LogP contribution < -0.4 is 5.73 Å². The normalized spacial score (nSPS) is 12.6. The minimum Gasteiger partial charge on any atom is -0.389 e. The molecule has 3 N–H and O–H groups in total. The van der Waals surface area contributed by atoms with Crippen molar-refractivity contribution in [2.45, 2.75) is 32.8 Å². The molecule has 0 aliphatic rings. The Morgan fingerprint density at radius 2 is 1.81 bits per heavy atom. The molecule has 0 saturated heterocycles. The van der Waals surface area contributed by atoms with Gasteiger partial charge in [0.15, 0.2) is 5.82 Å². The van der Waals surface area contributed by atoms with Gasteiger partial charge < -0.3 is 10.8 Å². The van der Waals surface area contributed by atoms with Crippen LogP contribution in [0.25, 0.3) is 21.8 Å². The van der Waals surface area contributed by atoms with Crippen LogP contribution in [0.15, 0.2) is 54.7 Å². The largest absolute Gasteiger partial charge is 0.389 e. The summed E-state index contributed by atoms with van der Waals surface area (Å²) in [6.45, 7) is 3.84. The summed E-state index contributed by atoms with van der Waals surface area (Å²) in [5.74, 6) is 0.478. The molecule has 0 spiro atoms. The molecule has 0 amide bonds. The number of nitrogen functional groups attached to an aromatic ring is 1. The SMILES string of the molecule is Cc1ccc2c(c1)nc(N)c1nccc(CCc3ccc(C(C)O)cc3)c12. The summed E-state index contributed by atoms with van der Waals surface area (Å²) in [5, 5.41) is 11.9. The molecule has 2 heterocycles. The zero-order chi connectivity index (χ0) is 19.0. The maximum atomic E-state index is 9.66. The molecule has 4 nitrogen and oxygen atoms in total. The fraction of sp³-hybridized carbons (Fsp3) is 0.217. The van der Waals surface area contributed by atoms with Crippen molar-refractivity contribution in [1.82, 2.24) is 9.97 Å². The number of nitrogens with zero attached hydrogens (tertiary/aromatic N) is 2. The van der Waals surface area contributed by atoms with E-state index in [-0.39, 0.29) is 0 Å². The van der Waals surface area contributed by atoms with Crippen molar-refractivity contribution in [1.29, 1.82) is 0 Å². The van der Waals surface area contributed by atoms with Crippen LogP contribution in [-0.4, -0.2) is 15.1 Å². The molecule has 0 aliphatic heterocycles. The van der Waals surface area contributed by atoms with E-state index in [9.17, 15) is 5.11 Å². The molecule has 0 bridgehead atoms. The van der Waals surface area contributed by atoms with Gasteiger partial charge in [-0.05, 0) is 61.1 Å². The first-order chi connectivity index (χ1) is 13.0. The molecule has 2 aromatic heterocycles. The molecule has 0 radical (unpaired) electrons. The Bertz CT molecular complexity index is 1120. The maximum absolute atomic E-state index is 9.66. The number of rotatable bonds is 4. The Hall–Kier alpha value is -2.98. The Kier molecular flexibility index (Phi) is 4.50. The second-order valence-corrected chi connectivity index (χ2v) is 7.13. The second kappa shape index (κ2) is 6.97. The number of nitrogens with two attached hydrogens (primary N) is 1. The minimum absolute atomic E-state index is 0.437. The van der Waals surface area contributed by atoms with Gasteiger partial charge in [-0.25, -0.2) is 4.98 Å². The van der Waals surface area contributed by atoms with Crippen LogP contribution in [0.1, 0.15) is 35.3 Å². The molecule has 4 heteroatoms. The average Bonchev–Trinajstić information content (AvgIpc) is 2.66. The van der Waals surface area contributed by atoms with Gasteiger partial charge in [-0.2, -0.15) is 0 Å². The second-order valence-electron chi connectivity index (χ2n) is 7.13. The molecule has 4 aromatic rings. The van der Waals surface area contributed by atoms with Crippen LogP contribution in [0, 0.1) is 6.92 Å². The highest BCUT2D eigenvalue weighted by Crippen LogP contribution is 2.30. The molecule has 0 aliphatic carbocycles. The topological polar surface area (TPSA) is 72.0 Å². The number of pyridine rings is 2. The van der Waals surface area contributed by atoms with Crippen molar-refractivity contribution >= 4 is 27.6 Å². The summed E-state index contributed by atoms with van der Waals surface area (Å²) in [7, 11) is 0. The Labute approximate surface area is 158 Å². The van der Waals surface area contributed by atoms with E-state index in [1.165, 1.54) is 11.1 Å². The zero-order valence-corrected chi connectivity index (χ0v) is 15.6. The molecule has 0 saturated carbocycles. The fourth-order valence-corrected chi connectivity index (χ4v) is 3.57. The predicted octanol–water partition coefficient (Wildman–Crippen LogP) is 4.51. The molecule has 1 atom stereocenters. The van der Waals surface area contributed by atoms with Crippen molar-refractivity contribution in [3.05, 3.63) is 77.0 Å². The van der Waals surface area contributed by atoms with E-state index in [0.717, 1.165) is 45.8 Å². The third-order valence-electron chi connectivity index (χ3n) is 5.09. The van der Waals surface area contributed by atoms with Gasteiger partial charge in [-0.1, -0.05) is 36.4 Å². The Morgan fingerprint density at radius 1 is 1.04 bits per heavy atom. The van der Waals surface area contributed by atoms with Crippen LogP contribution in [0.2, 0.25) is 0 Å². The smallest absolute Gasteiger partial charge is 0.150 e. The number of hydrogen-bond acceptors (Lipinski definition) is 4. The molecule has 136 valence electrons. The summed E-state index contributed by atoms with van der Waals surface area (Å²) in [6, 6.07) is 16.5. The number of aliphatic hydroxyl groups is 1. The van der Waals surface area contributed by atoms with Crippen molar-refractivity contribution in [3.63, 3.8) is 0 Å². The number of aryl methyl sites for hydroxylation is 3. The van der Waals surface area contributed by atoms with Gasteiger partial charge >= 0.3 is 0 Å². The van der Waals surface area contributed by atoms with E-state index in [4.69, 9.17) is 5.73 Å². The Balaban J connectivity index is 1.74. The highest BCUT2D eigenvalue weighted by Gasteiger charge is 2.12. The van der Waals surface area contributed by atoms with Crippen LogP contribution in [-0.2, 0) is 12.8 Å². The first kappa shape index (κ1) is 17.4. The van der Waals surface area contributed by atoms with Gasteiger partial charge in [0.25, 0.3) is 0 Å². The minimum atomic E-state index is -0.437. The van der Waals surface area contributed by atoms with Crippen LogP contribution in [0.5, 0.6) is 0 Å². The number of hydrogen-bond donors (Lipinski definition) is 2. The van der Waals surface area contributed by atoms with Gasteiger partial charge in [0.1, 0.15) is 5.52 Å². The number of fused-ring (bicyclic) bond motifs is 3. The lowest BCUT2D eigenvalue weighted by atomic mass is 9.97. The summed E-state index contributed by atoms with van der Waals surface area (Å²) in [6.07, 6.45) is 3.18. The van der Waals surface area contributed by atoms with Gasteiger partial charge in [0.05, 0.1) is 11.6 Å².